The largest absolute Gasteiger partial charge is 0.427 e. The van der Waals surface area contributed by atoms with Crippen LogP contribution in [0.2, 0.25) is 0 Å². The number of hydrogen-bond acceptors (Lipinski definition) is 3. The summed E-state index contributed by atoms with van der Waals surface area (Å²) in [6.45, 7) is 9.34. The van der Waals surface area contributed by atoms with Crippen molar-refractivity contribution in [2.24, 2.45) is 0 Å². The van der Waals surface area contributed by atoms with Gasteiger partial charge in [-0.05, 0) is 45.6 Å². The first kappa shape index (κ1) is 14.1. The molecule has 2 N–H and O–H groups in total. The fourth-order valence-corrected chi connectivity index (χ4v) is 1.70. The van der Waals surface area contributed by atoms with E-state index in [0.717, 1.165) is 16.5 Å². The van der Waals surface area contributed by atoms with Crippen molar-refractivity contribution in [2.75, 3.05) is 0 Å². The van der Waals surface area contributed by atoms with E-state index in [9.17, 15) is 5.11 Å². The molecule has 2 heterocycles. The van der Waals surface area contributed by atoms with Crippen molar-refractivity contribution in [3.05, 3.63) is 24.0 Å². The Hall–Kier alpha value is -1.33. The summed E-state index contributed by atoms with van der Waals surface area (Å²) in [4.78, 5) is 7.49. The quantitative estimate of drug-likeness (QED) is 0.817. The molecule has 0 aliphatic carbocycles. The zero-order chi connectivity index (χ0) is 14.3. The number of aromatic nitrogens is 2. The summed E-state index contributed by atoms with van der Waals surface area (Å²) in [6.07, 6.45) is 3.75. The number of H-pyrrole nitrogens is 1. The fraction of sp³-hybridized carbons (Fsp3) is 0.500. The second kappa shape index (κ2) is 4.65. The van der Waals surface area contributed by atoms with Crippen LogP contribution in [0.3, 0.4) is 0 Å². The van der Waals surface area contributed by atoms with E-state index in [0.29, 0.717) is 7.48 Å². The predicted octanol–water partition coefficient (Wildman–Crippen LogP) is 1.41. The minimum atomic E-state index is -0.894. The van der Waals surface area contributed by atoms with Gasteiger partial charge >= 0.3 is 7.48 Å². The van der Waals surface area contributed by atoms with Gasteiger partial charge < -0.3 is 14.7 Å². The van der Waals surface area contributed by atoms with Crippen LogP contribution in [0.5, 0.6) is 0 Å². The number of fused-ring (bicyclic) bond motifs is 1. The van der Waals surface area contributed by atoms with Crippen LogP contribution in [0.1, 0.15) is 33.3 Å². The smallest absolute Gasteiger partial charge is 0.311 e. The molecule has 102 valence electrons. The summed E-state index contributed by atoms with van der Waals surface area (Å²) in [5.41, 5.74) is 1.56. The second-order valence-electron chi connectivity index (χ2n) is 6.07. The highest BCUT2D eigenvalue weighted by molar-refractivity contribution is 6.47. The van der Waals surface area contributed by atoms with E-state index in [4.69, 9.17) is 4.65 Å². The van der Waals surface area contributed by atoms with E-state index in [1.165, 1.54) is 5.56 Å². The molecule has 0 atom stereocenters. The molecule has 0 fully saturated rings. The first-order chi connectivity index (χ1) is 8.71. The maximum absolute atomic E-state index is 10.1. The molecular weight excluding hydrogens is 239 g/mol. The van der Waals surface area contributed by atoms with Crippen molar-refractivity contribution in [2.45, 2.75) is 45.8 Å². The molecule has 0 bridgehead atoms. The first-order valence-corrected chi connectivity index (χ1v) is 6.50. The number of nitrogens with zero attached hydrogens (tertiary/aromatic N) is 1. The van der Waals surface area contributed by atoms with Crippen LogP contribution in [-0.2, 0) is 4.65 Å². The van der Waals surface area contributed by atoms with Crippen LogP contribution in [0, 0.1) is 6.92 Å². The zero-order valence-corrected chi connectivity index (χ0v) is 12.2. The molecular formula is C14H21BN2O2. The number of aromatic amines is 1. The third kappa shape index (κ3) is 2.82. The number of pyridine rings is 1. The molecule has 4 nitrogen and oxygen atoms in total. The summed E-state index contributed by atoms with van der Waals surface area (Å²) < 4.78 is 5.85. The van der Waals surface area contributed by atoms with E-state index in [1.54, 1.807) is 20.0 Å². The highest BCUT2D eigenvalue weighted by atomic mass is 16.5. The molecule has 0 aromatic carbocycles. The third-order valence-electron chi connectivity index (χ3n) is 3.87. The van der Waals surface area contributed by atoms with E-state index >= 15 is 0 Å². The predicted molar refractivity (Wildman–Crippen MR) is 79.1 cm³/mol. The van der Waals surface area contributed by atoms with Crippen LogP contribution >= 0.6 is 0 Å². The lowest BCUT2D eigenvalue weighted by Crippen LogP contribution is -2.49. The van der Waals surface area contributed by atoms with Gasteiger partial charge in [-0.3, -0.25) is 0 Å². The second-order valence-corrected chi connectivity index (χ2v) is 6.07. The Morgan fingerprint density at radius 1 is 1.32 bits per heavy atom. The minimum absolute atomic E-state index is 0.435. The van der Waals surface area contributed by atoms with Gasteiger partial charge in [0, 0.05) is 17.8 Å². The van der Waals surface area contributed by atoms with Gasteiger partial charge in [-0.1, -0.05) is 6.07 Å². The fourth-order valence-electron chi connectivity index (χ4n) is 1.70. The molecule has 0 saturated heterocycles. The Balaban J connectivity index is 2.16. The molecule has 19 heavy (non-hydrogen) atoms. The van der Waals surface area contributed by atoms with E-state index < -0.39 is 11.2 Å². The number of nitrogens with one attached hydrogen (secondary N) is 1. The van der Waals surface area contributed by atoms with Crippen molar-refractivity contribution >= 4 is 24.0 Å². The maximum atomic E-state index is 10.1. The SMILES string of the molecule is Cc1c[nH]c2ncc(BOC(C)(C)C(C)(C)O)cc12. The minimum Gasteiger partial charge on any atom is -0.427 e. The van der Waals surface area contributed by atoms with Crippen LogP contribution < -0.4 is 5.46 Å². The van der Waals surface area contributed by atoms with E-state index in [-0.39, 0.29) is 0 Å². The number of aliphatic hydroxyl groups is 1. The molecule has 0 saturated carbocycles. The van der Waals surface area contributed by atoms with Crippen molar-refractivity contribution in [3.8, 4) is 0 Å². The molecule has 0 amide bonds. The normalized spacial score (nSPS) is 12.9. The lowest BCUT2D eigenvalue weighted by atomic mass is 9.83. The van der Waals surface area contributed by atoms with Gasteiger partial charge in [-0.25, -0.2) is 4.98 Å². The number of rotatable bonds is 4. The molecule has 0 aliphatic rings. The van der Waals surface area contributed by atoms with Gasteiger partial charge in [0.1, 0.15) is 5.65 Å². The topological polar surface area (TPSA) is 58.1 Å². The standard InChI is InChI=1S/C14H21BN2O2/c1-9-7-16-12-11(9)6-10(8-17-12)15-19-14(4,5)13(2,3)18/h6-8,15,18H,1-5H3,(H,16,17). The Morgan fingerprint density at radius 3 is 2.63 bits per heavy atom. The Bertz CT molecular complexity index is 585. The molecule has 0 aliphatic heterocycles. The summed E-state index contributed by atoms with van der Waals surface area (Å²) in [5.74, 6) is 0. The summed E-state index contributed by atoms with van der Waals surface area (Å²) in [7, 11) is 0.435. The molecule has 2 aromatic heterocycles. The summed E-state index contributed by atoms with van der Waals surface area (Å²) in [5, 5.41) is 11.2. The Labute approximate surface area is 114 Å². The lowest BCUT2D eigenvalue weighted by Gasteiger charge is -2.37. The van der Waals surface area contributed by atoms with Gasteiger partial charge in [-0.2, -0.15) is 0 Å². The first-order valence-electron chi connectivity index (χ1n) is 6.50. The van der Waals surface area contributed by atoms with Crippen LogP contribution in [0.15, 0.2) is 18.5 Å². The average molecular weight is 260 g/mol. The highest BCUT2D eigenvalue weighted by Crippen LogP contribution is 2.24. The molecule has 5 heteroatoms. The number of aryl methyl sites for hydroxylation is 1. The average Bonchev–Trinajstić information content (AvgIpc) is 2.67. The third-order valence-corrected chi connectivity index (χ3v) is 3.87. The van der Waals surface area contributed by atoms with Gasteiger partial charge in [0.15, 0.2) is 0 Å². The zero-order valence-electron chi connectivity index (χ0n) is 12.2. The molecule has 0 unspecified atom stereocenters. The van der Waals surface area contributed by atoms with Crippen molar-refractivity contribution in [1.29, 1.82) is 0 Å². The van der Waals surface area contributed by atoms with Gasteiger partial charge in [0.25, 0.3) is 0 Å². The molecule has 0 radical (unpaired) electrons. The van der Waals surface area contributed by atoms with Gasteiger partial charge in [-0.15, -0.1) is 0 Å². The van der Waals surface area contributed by atoms with Crippen molar-refractivity contribution in [1.82, 2.24) is 9.97 Å². The van der Waals surface area contributed by atoms with Gasteiger partial charge in [0.2, 0.25) is 0 Å². The maximum Gasteiger partial charge on any atom is 0.311 e. The Kier molecular flexibility index (Phi) is 3.45. The summed E-state index contributed by atoms with van der Waals surface area (Å²) >= 11 is 0. The van der Waals surface area contributed by atoms with Crippen molar-refractivity contribution < 1.29 is 9.76 Å². The van der Waals surface area contributed by atoms with E-state index in [1.807, 2.05) is 27.0 Å². The van der Waals surface area contributed by atoms with Crippen LogP contribution in [0.4, 0.5) is 0 Å². The summed E-state index contributed by atoms with van der Waals surface area (Å²) in [6, 6.07) is 2.08. The monoisotopic (exact) mass is 260 g/mol. The van der Waals surface area contributed by atoms with Gasteiger partial charge in [0.05, 0.1) is 11.2 Å². The lowest BCUT2D eigenvalue weighted by molar-refractivity contribution is -0.0893. The molecule has 0 spiro atoms. The van der Waals surface area contributed by atoms with Crippen LogP contribution in [0.25, 0.3) is 11.0 Å². The highest BCUT2D eigenvalue weighted by Gasteiger charge is 2.35. The van der Waals surface area contributed by atoms with E-state index in [2.05, 4.69) is 16.0 Å². The molecule has 2 rings (SSSR count). The molecule has 2 aromatic rings. The Morgan fingerprint density at radius 2 is 2.00 bits per heavy atom. The van der Waals surface area contributed by atoms with Crippen LogP contribution in [-0.4, -0.2) is 33.8 Å². The number of hydrogen-bond donors (Lipinski definition) is 2. The van der Waals surface area contributed by atoms with Crippen molar-refractivity contribution in [3.63, 3.8) is 0 Å².